The minimum absolute atomic E-state index is 0.0936. The summed E-state index contributed by atoms with van der Waals surface area (Å²) in [5, 5.41) is 3.82. The maximum Gasteiger partial charge on any atom is 0.0472 e. The fourth-order valence-electron chi connectivity index (χ4n) is 3.89. The maximum atomic E-state index is 6.18. The van der Waals surface area contributed by atoms with Crippen molar-refractivity contribution >= 4 is 45.0 Å². The summed E-state index contributed by atoms with van der Waals surface area (Å²) in [6, 6.07) is 22.6. The molecule has 2 heterocycles. The number of aromatic nitrogens is 2. The number of H-pyrrole nitrogens is 2. The number of nitrogens with one attached hydrogen (secondary N) is 2. The second kappa shape index (κ2) is 6.49. The van der Waals surface area contributed by atoms with Crippen molar-refractivity contribution in [1.82, 2.24) is 9.97 Å². The van der Waals surface area contributed by atoms with Crippen LogP contribution >= 0.6 is 23.2 Å². The Morgan fingerprint density at radius 3 is 1.67 bits per heavy atom. The highest BCUT2D eigenvalue weighted by Crippen LogP contribution is 2.40. The Labute approximate surface area is 166 Å². The third-order valence-electron chi connectivity index (χ3n) is 5.11. The van der Waals surface area contributed by atoms with E-state index in [2.05, 4.69) is 58.8 Å². The van der Waals surface area contributed by atoms with E-state index in [9.17, 15) is 0 Å². The normalized spacial score (nSPS) is 11.7. The zero-order valence-corrected chi connectivity index (χ0v) is 15.9. The maximum absolute atomic E-state index is 6.18. The molecule has 0 aliphatic carbocycles. The molecule has 4 heteroatoms. The molecule has 0 aliphatic rings. The molecule has 0 unspecified atom stereocenters. The summed E-state index contributed by atoms with van der Waals surface area (Å²) >= 11 is 12.4. The summed E-state index contributed by atoms with van der Waals surface area (Å²) in [6.45, 7) is 0. The zero-order chi connectivity index (χ0) is 18.4. The standard InChI is InChI=1S/C23H16Cl2N2/c24-15-6-8-17-19(12-26-21(17)10-15)23(14-4-2-1-3-5-14)20-13-27-22-11-16(25)7-9-18(20)22/h1-13,23,26-27H. The average molecular weight is 391 g/mol. The molecule has 0 amide bonds. The van der Waals surface area contributed by atoms with Gasteiger partial charge in [-0.15, -0.1) is 0 Å². The summed E-state index contributed by atoms with van der Waals surface area (Å²) in [7, 11) is 0. The van der Waals surface area contributed by atoms with Crippen LogP contribution in [-0.2, 0) is 0 Å². The topological polar surface area (TPSA) is 31.6 Å². The van der Waals surface area contributed by atoms with Gasteiger partial charge in [0.05, 0.1) is 0 Å². The molecule has 0 saturated heterocycles. The van der Waals surface area contributed by atoms with E-state index in [1.165, 1.54) is 27.5 Å². The van der Waals surface area contributed by atoms with Gasteiger partial charge < -0.3 is 9.97 Å². The molecular formula is C23H16Cl2N2. The molecule has 0 fully saturated rings. The summed E-state index contributed by atoms with van der Waals surface area (Å²) in [6.07, 6.45) is 4.18. The van der Waals surface area contributed by atoms with Gasteiger partial charge in [-0.2, -0.15) is 0 Å². The minimum Gasteiger partial charge on any atom is -0.361 e. The number of rotatable bonds is 3. The van der Waals surface area contributed by atoms with Crippen LogP contribution in [-0.4, -0.2) is 9.97 Å². The van der Waals surface area contributed by atoms with E-state index >= 15 is 0 Å². The van der Waals surface area contributed by atoms with Gasteiger partial charge in [-0.25, -0.2) is 0 Å². The van der Waals surface area contributed by atoms with Crippen LogP contribution in [0.5, 0.6) is 0 Å². The van der Waals surface area contributed by atoms with Crippen molar-refractivity contribution in [3.8, 4) is 0 Å². The smallest absolute Gasteiger partial charge is 0.0472 e. The average Bonchev–Trinajstić information content (AvgIpc) is 3.27. The minimum atomic E-state index is 0.0936. The van der Waals surface area contributed by atoms with Gasteiger partial charge in [-0.3, -0.25) is 0 Å². The molecule has 132 valence electrons. The van der Waals surface area contributed by atoms with Crippen LogP contribution in [0.25, 0.3) is 21.8 Å². The van der Waals surface area contributed by atoms with Crippen molar-refractivity contribution in [3.63, 3.8) is 0 Å². The molecule has 5 aromatic rings. The molecule has 0 spiro atoms. The van der Waals surface area contributed by atoms with Crippen molar-refractivity contribution in [2.24, 2.45) is 0 Å². The van der Waals surface area contributed by atoms with E-state index < -0.39 is 0 Å². The molecule has 0 aliphatic heterocycles. The van der Waals surface area contributed by atoms with Gasteiger partial charge in [-0.1, -0.05) is 65.7 Å². The van der Waals surface area contributed by atoms with Crippen molar-refractivity contribution in [2.75, 3.05) is 0 Å². The fourth-order valence-corrected chi connectivity index (χ4v) is 4.24. The second-order valence-electron chi connectivity index (χ2n) is 6.71. The first-order valence-electron chi connectivity index (χ1n) is 8.79. The van der Waals surface area contributed by atoms with Crippen molar-refractivity contribution in [3.05, 3.63) is 106 Å². The first-order valence-corrected chi connectivity index (χ1v) is 9.54. The number of benzene rings is 3. The molecular weight excluding hydrogens is 375 g/mol. The van der Waals surface area contributed by atoms with Crippen molar-refractivity contribution in [2.45, 2.75) is 5.92 Å². The Hall–Kier alpha value is -2.68. The first kappa shape index (κ1) is 16.5. The van der Waals surface area contributed by atoms with Crippen molar-refractivity contribution in [1.29, 1.82) is 0 Å². The van der Waals surface area contributed by atoms with E-state index in [4.69, 9.17) is 23.2 Å². The zero-order valence-electron chi connectivity index (χ0n) is 14.3. The predicted molar refractivity (Wildman–Crippen MR) is 114 cm³/mol. The van der Waals surface area contributed by atoms with Gasteiger partial charge in [0.25, 0.3) is 0 Å². The lowest BCUT2D eigenvalue weighted by atomic mass is 9.85. The molecule has 0 radical (unpaired) electrons. The van der Waals surface area contributed by atoms with Gasteiger partial charge in [-0.05, 0) is 41.0 Å². The highest BCUT2D eigenvalue weighted by molar-refractivity contribution is 6.31. The Morgan fingerprint density at radius 2 is 1.15 bits per heavy atom. The van der Waals surface area contributed by atoms with Crippen LogP contribution in [0.4, 0.5) is 0 Å². The van der Waals surface area contributed by atoms with Crippen molar-refractivity contribution < 1.29 is 0 Å². The molecule has 2 aromatic heterocycles. The SMILES string of the molecule is Clc1ccc2c(C(c3ccccc3)c3c[nH]c4cc(Cl)ccc34)c[nH]c2c1. The Balaban J connectivity index is 1.79. The highest BCUT2D eigenvalue weighted by Gasteiger charge is 2.23. The van der Waals surface area contributed by atoms with E-state index in [0.717, 1.165) is 21.1 Å². The summed E-state index contributed by atoms with van der Waals surface area (Å²) in [5.41, 5.74) is 5.78. The fraction of sp³-hybridized carbons (Fsp3) is 0.0435. The lowest BCUT2D eigenvalue weighted by molar-refractivity contribution is 0.998. The summed E-state index contributed by atoms with van der Waals surface area (Å²) in [4.78, 5) is 6.77. The summed E-state index contributed by atoms with van der Waals surface area (Å²) in [5.74, 6) is 0.0936. The predicted octanol–water partition coefficient (Wildman–Crippen LogP) is 7.14. The van der Waals surface area contributed by atoms with Crippen LogP contribution in [0.15, 0.2) is 79.1 Å². The van der Waals surface area contributed by atoms with Crippen LogP contribution in [0.3, 0.4) is 0 Å². The highest BCUT2D eigenvalue weighted by atomic mass is 35.5. The van der Waals surface area contributed by atoms with E-state index in [1.54, 1.807) is 0 Å². The molecule has 0 atom stereocenters. The Morgan fingerprint density at radius 1 is 0.630 bits per heavy atom. The van der Waals surface area contributed by atoms with Gasteiger partial charge in [0.1, 0.15) is 0 Å². The van der Waals surface area contributed by atoms with Gasteiger partial charge in [0.2, 0.25) is 0 Å². The largest absolute Gasteiger partial charge is 0.361 e. The lowest BCUT2D eigenvalue weighted by Crippen LogP contribution is -2.02. The molecule has 27 heavy (non-hydrogen) atoms. The van der Waals surface area contributed by atoms with Gasteiger partial charge in [0.15, 0.2) is 0 Å². The quantitative estimate of drug-likeness (QED) is 0.328. The Kier molecular flexibility index (Phi) is 3.96. The van der Waals surface area contributed by atoms with Crippen LogP contribution in [0, 0.1) is 0 Å². The number of hydrogen-bond donors (Lipinski definition) is 2. The lowest BCUT2D eigenvalue weighted by Gasteiger charge is -2.17. The molecule has 0 bridgehead atoms. The molecule has 5 rings (SSSR count). The first-order chi connectivity index (χ1) is 13.2. The van der Waals surface area contributed by atoms with Gasteiger partial charge >= 0.3 is 0 Å². The van der Waals surface area contributed by atoms with Gasteiger partial charge in [0, 0.05) is 50.2 Å². The van der Waals surface area contributed by atoms with Crippen LogP contribution in [0.1, 0.15) is 22.6 Å². The molecule has 2 N–H and O–H groups in total. The Bertz CT molecular complexity index is 1170. The molecule has 0 saturated carbocycles. The van der Waals surface area contributed by atoms with E-state index in [-0.39, 0.29) is 5.92 Å². The molecule has 2 nitrogen and oxygen atoms in total. The number of hydrogen-bond acceptors (Lipinski definition) is 0. The monoisotopic (exact) mass is 390 g/mol. The second-order valence-corrected chi connectivity index (χ2v) is 7.58. The number of aromatic amines is 2. The van der Waals surface area contributed by atoms with Crippen LogP contribution in [0.2, 0.25) is 10.0 Å². The third-order valence-corrected chi connectivity index (χ3v) is 5.58. The summed E-state index contributed by atoms with van der Waals surface area (Å²) < 4.78 is 0. The van der Waals surface area contributed by atoms with E-state index in [0.29, 0.717) is 0 Å². The number of halogens is 2. The third kappa shape index (κ3) is 2.82. The van der Waals surface area contributed by atoms with E-state index in [1.807, 2.05) is 30.3 Å². The molecule has 3 aromatic carbocycles. The van der Waals surface area contributed by atoms with Crippen LogP contribution < -0.4 is 0 Å². The number of fused-ring (bicyclic) bond motifs is 2.